The summed E-state index contributed by atoms with van der Waals surface area (Å²) in [5.41, 5.74) is 0. The second kappa shape index (κ2) is 13.0. The van der Waals surface area contributed by atoms with Crippen molar-refractivity contribution in [3.8, 4) is 0 Å². The van der Waals surface area contributed by atoms with Crippen LogP contribution in [0.5, 0.6) is 0 Å². The van der Waals surface area contributed by atoms with Gasteiger partial charge >= 0.3 is 6.18 Å². The fourth-order valence-electron chi connectivity index (χ4n) is 8.91. The molecule has 5 aliphatic rings. The Balaban J connectivity index is 1.16. The molecule has 2 heterocycles. The third kappa shape index (κ3) is 7.33. The number of alkyl halides is 3. The molecule has 3 saturated carbocycles. The molecule has 41 heavy (non-hydrogen) atoms. The molecule has 0 bridgehead atoms. The first-order valence-electron chi connectivity index (χ1n) is 16.5. The lowest BCUT2D eigenvalue weighted by atomic mass is 9.65. The van der Waals surface area contributed by atoms with Gasteiger partial charge in [-0.15, -0.1) is 0 Å². The molecule has 2 N–H and O–H groups in total. The minimum Gasteiger partial charge on any atom is -0.353 e. The van der Waals surface area contributed by atoms with Crippen molar-refractivity contribution < 1.29 is 22.8 Å². The topological polar surface area (TPSA) is 61.4 Å². The van der Waals surface area contributed by atoms with E-state index < -0.39 is 18.0 Å². The van der Waals surface area contributed by atoms with Gasteiger partial charge in [-0.3, -0.25) is 9.59 Å². The van der Waals surface area contributed by atoms with E-state index in [1.54, 1.807) is 0 Å². The van der Waals surface area contributed by atoms with E-state index in [4.69, 9.17) is 0 Å². The average Bonchev–Trinajstić information content (AvgIpc) is 2.95. The van der Waals surface area contributed by atoms with Gasteiger partial charge in [0.15, 0.2) is 0 Å². The van der Waals surface area contributed by atoms with Crippen molar-refractivity contribution in [3.05, 3.63) is 12.2 Å². The highest BCUT2D eigenvalue weighted by Crippen LogP contribution is 2.44. The maximum absolute atomic E-state index is 13.8. The van der Waals surface area contributed by atoms with E-state index in [2.05, 4.69) is 36.6 Å². The van der Waals surface area contributed by atoms with Gasteiger partial charge in [0.05, 0.1) is 5.92 Å². The van der Waals surface area contributed by atoms with Gasteiger partial charge in [0.25, 0.3) is 0 Å². The van der Waals surface area contributed by atoms with Crippen LogP contribution in [0.4, 0.5) is 13.2 Å². The first-order valence-corrected chi connectivity index (χ1v) is 16.5. The Bertz CT molecular complexity index is 946. The number of halogens is 3. The van der Waals surface area contributed by atoms with Crippen molar-refractivity contribution in [2.45, 2.75) is 122 Å². The minimum absolute atomic E-state index is 0.0571. The standard InChI is InChI=1S/C33H52F3N3O2/c1-20-7-10-22(11-8-20)12-14-26-18-30-24(19-37-26)16-29(32(41)39(30)3)28-17-27(13-9-21(28)2)38-31(40)23-5-4-6-25(15-23)33(34,35)36/h12,14,20-30,37H,4-11,13,15-19H2,1-3H3,(H,38,40)/b14-12+. The van der Waals surface area contributed by atoms with E-state index in [-0.39, 0.29) is 48.6 Å². The number of likely N-dealkylation sites (tertiary alicyclic amines) is 1. The Morgan fingerprint density at radius 2 is 1.71 bits per heavy atom. The van der Waals surface area contributed by atoms with Crippen molar-refractivity contribution in [1.82, 2.24) is 15.5 Å². The van der Waals surface area contributed by atoms with Crippen LogP contribution in [0.2, 0.25) is 0 Å². The zero-order chi connectivity index (χ0) is 29.3. The number of carbonyl (C=O) groups is 2. The van der Waals surface area contributed by atoms with Gasteiger partial charge < -0.3 is 15.5 Å². The monoisotopic (exact) mass is 579 g/mol. The predicted molar refractivity (Wildman–Crippen MR) is 155 cm³/mol. The highest BCUT2D eigenvalue weighted by atomic mass is 19.4. The van der Waals surface area contributed by atoms with Crippen LogP contribution >= 0.6 is 0 Å². The van der Waals surface area contributed by atoms with Gasteiger partial charge in [0, 0.05) is 43.6 Å². The van der Waals surface area contributed by atoms with E-state index in [0.29, 0.717) is 36.6 Å². The zero-order valence-electron chi connectivity index (χ0n) is 25.3. The van der Waals surface area contributed by atoms with Gasteiger partial charge in [-0.05, 0) is 93.8 Å². The molecule has 9 unspecified atom stereocenters. The number of nitrogens with zero attached hydrogens (tertiary/aromatic N) is 1. The molecule has 2 aliphatic heterocycles. The number of amides is 2. The SMILES string of the molecule is CC1CCC(/C=C/C2CC3C(CN2)CC(C2CC(NC(=O)C4CCCC(C(F)(F)F)C4)CCC2C)C(=O)N3C)CC1. The average molecular weight is 580 g/mol. The fraction of sp³-hybridized carbons (Fsp3) is 0.879. The Morgan fingerprint density at radius 1 is 0.951 bits per heavy atom. The normalized spacial score (nSPS) is 42.6. The summed E-state index contributed by atoms with van der Waals surface area (Å²) in [5, 5.41) is 6.89. The third-order valence-electron chi connectivity index (χ3n) is 11.7. The van der Waals surface area contributed by atoms with Gasteiger partial charge in [-0.25, -0.2) is 0 Å². The molecular formula is C33H52F3N3O2. The molecule has 0 spiro atoms. The molecule has 0 aromatic heterocycles. The number of fused-ring (bicyclic) bond motifs is 1. The minimum atomic E-state index is -4.23. The third-order valence-corrected chi connectivity index (χ3v) is 11.7. The van der Waals surface area contributed by atoms with E-state index in [1.165, 1.54) is 25.7 Å². The van der Waals surface area contributed by atoms with E-state index in [0.717, 1.165) is 44.6 Å². The second-order valence-corrected chi connectivity index (χ2v) is 14.5. The molecule has 5 fully saturated rings. The molecule has 8 heteroatoms. The summed E-state index contributed by atoms with van der Waals surface area (Å²) in [4.78, 5) is 28.8. The van der Waals surface area contributed by atoms with Gasteiger partial charge in [-0.1, -0.05) is 45.3 Å². The molecule has 5 nitrogen and oxygen atoms in total. The van der Waals surface area contributed by atoms with Crippen LogP contribution in [0.1, 0.15) is 97.3 Å². The number of piperidine rings is 2. The van der Waals surface area contributed by atoms with Crippen molar-refractivity contribution >= 4 is 11.8 Å². The van der Waals surface area contributed by atoms with E-state index in [9.17, 15) is 22.8 Å². The lowest BCUT2D eigenvalue weighted by molar-refractivity contribution is -0.186. The van der Waals surface area contributed by atoms with Crippen LogP contribution in [0.25, 0.3) is 0 Å². The Hall–Kier alpha value is -1.57. The first kappa shape index (κ1) is 30.9. The van der Waals surface area contributed by atoms with Gasteiger partial charge in [0.1, 0.15) is 0 Å². The number of hydrogen-bond donors (Lipinski definition) is 2. The van der Waals surface area contributed by atoms with Crippen LogP contribution < -0.4 is 10.6 Å². The maximum Gasteiger partial charge on any atom is 0.391 e. The Labute approximate surface area is 244 Å². The number of allylic oxidation sites excluding steroid dienone is 1. The van der Waals surface area contributed by atoms with Crippen molar-refractivity contribution in [1.29, 1.82) is 0 Å². The largest absolute Gasteiger partial charge is 0.391 e. The van der Waals surface area contributed by atoms with Crippen molar-refractivity contribution in [2.75, 3.05) is 13.6 Å². The van der Waals surface area contributed by atoms with Crippen LogP contribution in [0.15, 0.2) is 12.2 Å². The van der Waals surface area contributed by atoms with Crippen LogP contribution in [0.3, 0.4) is 0 Å². The van der Waals surface area contributed by atoms with Crippen LogP contribution in [-0.2, 0) is 9.59 Å². The summed E-state index contributed by atoms with van der Waals surface area (Å²) < 4.78 is 39.9. The summed E-state index contributed by atoms with van der Waals surface area (Å²) in [7, 11) is 1.98. The Morgan fingerprint density at radius 3 is 2.44 bits per heavy atom. The molecule has 2 saturated heterocycles. The smallest absolute Gasteiger partial charge is 0.353 e. The highest BCUT2D eigenvalue weighted by Gasteiger charge is 2.48. The quantitative estimate of drug-likeness (QED) is 0.367. The van der Waals surface area contributed by atoms with E-state index >= 15 is 0 Å². The lowest BCUT2D eigenvalue weighted by Gasteiger charge is -2.50. The van der Waals surface area contributed by atoms with Gasteiger partial charge in [-0.2, -0.15) is 13.2 Å². The first-order chi connectivity index (χ1) is 19.5. The number of nitrogens with one attached hydrogen (secondary N) is 2. The molecule has 5 rings (SSSR count). The van der Waals surface area contributed by atoms with E-state index in [1.807, 2.05) is 11.9 Å². The zero-order valence-corrected chi connectivity index (χ0v) is 25.3. The Kier molecular flexibility index (Phi) is 9.77. The number of hydrogen-bond acceptors (Lipinski definition) is 3. The molecule has 9 atom stereocenters. The molecule has 3 aliphatic carbocycles. The molecule has 232 valence electrons. The van der Waals surface area contributed by atoms with Crippen molar-refractivity contribution in [3.63, 3.8) is 0 Å². The molecule has 0 aromatic carbocycles. The molecule has 2 amide bonds. The summed E-state index contributed by atoms with van der Waals surface area (Å²) >= 11 is 0. The number of rotatable bonds is 5. The maximum atomic E-state index is 13.8. The van der Waals surface area contributed by atoms with Gasteiger partial charge in [0.2, 0.25) is 11.8 Å². The lowest BCUT2D eigenvalue weighted by Crippen LogP contribution is -2.60. The molecule has 0 aromatic rings. The summed E-state index contributed by atoms with van der Waals surface area (Å²) in [5.74, 6) is 0.560. The highest BCUT2D eigenvalue weighted by molar-refractivity contribution is 5.81. The predicted octanol–water partition coefficient (Wildman–Crippen LogP) is 6.48. The number of carbonyl (C=O) groups excluding carboxylic acids is 2. The summed E-state index contributed by atoms with van der Waals surface area (Å²) in [6, 6.07) is 0.503. The summed E-state index contributed by atoms with van der Waals surface area (Å²) in [6.07, 6.45) is 11.1. The second-order valence-electron chi connectivity index (χ2n) is 14.5. The van der Waals surface area contributed by atoms with Crippen molar-refractivity contribution in [2.24, 2.45) is 47.3 Å². The van der Waals surface area contributed by atoms with Crippen LogP contribution in [-0.4, -0.2) is 54.6 Å². The molecule has 0 radical (unpaired) electrons. The van der Waals surface area contributed by atoms with Crippen LogP contribution in [0, 0.1) is 47.3 Å². The summed E-state index contributed by atoms with van der Waals surface area (Å²) in [6.45, 7) is 5.49. The molecular weight excluding hydrogens is 527 g/mol. The fourth-order valence-corrected chi connectivity index (χ4v) is 8.91.